The van der Waals surface area contributed by atoms with Crippen LogP contribution in [0.5, 0.6) is 0 Å². The molecule has 200 valence electrons. The lowest BCUT2D eigenvalue weighted by Crippen LogP contribution is -2.65. The van der Waals surface area contributed by atoms with E-state index in [0.29, 0.717) is 22.5 Å². The molecule has 0 spiro atoms. The fraction of sp³-hybridized carbons (Fsp3) is 0.207. The van der Waals surface area contributed by atoms with Crippen molar-refractivity contribution in [3.05, 3.63) is 95.1 Å². The first kappa shape index (κ1) is 27.5. The van der Waals surface area contributed by atoms with E-state index in [0.717, 1.165) is 11.1 Å². The molecule has 1 atom stereocenters. The van der Waals surface area contributed by atoms with Crippen LogP contribution in [0.4, 0.5) is 11.4 Å². The van der Waals surface area contributed by atoms with Crippen molar-refractivity contribution in [2.45, 2.75) is 33.2 Å². The first-order valence-corrected chi connectivity index (χ1v) is 12.8. The van der Waals surface area contributed by atoms with Crippen LogP contribution in [0.2, 0.25) is 0 Å². The zero-order chi connectivity index (χ0) is 28.1. The van der Waals surface area contributed by atoms with Crippen molar-refractivity contribution in [3.8, 4) is 0 Å². The van der Waals surface area contributed by atoms with Gasteiger partial charge in [-0.25, -0.2) is 9.80 Å². The highest BCUT2D eigenvalue weighted by atomic mass is 32.1. The summed E-state index contributed by atoms with van der Waals surface area (Å²) in [5.74, 6) is -1.89. The van der Waals surface area contributed by atoms with Crippen LogP contribution >= 0.6 is 12.2 Å². The molecule has 10 heteroatoms. The SMILES string of the molecule is CCOC(=O)c1ccc(NC(=O)[C@@H]2CC(=O)N(c3cc(C)cc(C)c3)C(=S)N2NC(=O)c2ccccc2)cc1. The van der Waals surface area contributed by atoms with Gasteiger partial charge < -0.3 is 10.1 Å². The average Bonchev–Trinajstić information content (AvgIpc) is 2.90. The van der Waals surface area contributed by atoms with Gasteiger partial charge in [0.1, 0.15) is 6.04 Å². The Hall–Kier alpha value is -4.57. The van der Waals surface area contributed by atoms with Crippen LogP contribution in [-0.4, -0.2) is 46.5 Å². The Bertz CT molecular complexity index is 1410. The summed E-state index contributed by atoms with van der Waals surface area (Å²) in [6.45, 7) is 5.78. The summed E-state index contributed by atoms with van der Waals surface area (Å²) in [4.78, 5) is 53.1. The molecular formula is C29H28N4O5S. The molecule has 0 radical (unpaired) electrons. The third kappa shape index (κ3) is 6.29. The third-order valence-corrected chi connectivity index (χ3v) is 6.39. The van der Waals surface area contributed by atoms with Crippen molar-refractivity contribution in [2.24, 2.45) is 0 Å². The van der Waals surface area contributed by atoms with Crippen LogP contribution in [0.15, 0.2) is 72.8 Å². The molecular weight excluding hydrogens is 516 g/mol. The van der Waals surface area contributed by atoms with Crippen LogP contribution in [0.1, 0.15) is 45.2 Å². The first-order chi connectivity index (χ1) is 18.7. The Balaban J connectivity index is 1.62. The highest BCUT2D eigenvalue weighted by molar-refractivity contribution is 7.80. The molecule has 0 aliphatic carbocycles. The van der Waals surface area contributed by atoms with Crippen LogP contribution < -0.4 is 15.6 Å². The molecule has 0 bridgehead atoms. The quantitative estimate of drug-likeness (QED) is 0.340. The highest BCUT2D eigenvalue weighted by Gasteiger charge is 2.42. The fourth-order valence-electron chi connectivity index (χ4n) is 4.26. The van der Waals surface area contributed by atoms with E-state index in [2.05, 4.69) is 10.7 Å². The average molecular weight is 545 g/mol. The van der Waals surface area contributed by atoms with E-state index >= 15 is 0 Å². The number of amides is 3. The van der Waals surface area contributed by atoms with Crippen molar-refractivity contribution < 1.29 is 23.9 Å². The number of hydrazine groups is 1. The minimum absolute atomic E-state index is 0.0293. The van der Waals surface area contributed by atoms with Crippen LogP contribution in [0.3, 0.4) is 0 Å². The largest absolute Gasteiger partial charge is 0.462 e. The predicted octanol–water partition coefficient (Wildman–Crippen LogP) is 4.16. The van der Waals surface area contributed by atoms with Gasteiger partial charge in [0.2, 0.25) is 16.9 Å². The second kappa shape index (κ2) is 11.9. The second-order valence-electron chi connectivity index (χ2n) is 9.04. The maximum absolute atomic E-state index is 13.4. The van der Waals surface area contributed by atoms with E-state index < -0.39 is 23.8 Å². The number of benzene rings is 3. The molecule has 1 heterocycles. The lowest BCUT2D eigenvalue weighted by atomic mass is 10.1. The summed E-state index contributed by atoms with van der Waals surface area (Å²) in [5.41, 5.74) is 6.25. The van der Waals surface area contributed by atoms with Crippen molar-refractivity contribution in [1.29, 1.82) is 0 Å². The van der Waals surface area contributed by atoms with E-state index in [1.807, 2.05) is 32.0 Å². The van der Waals surface area contributed by atoms with Crippen LogP contribution in [-0.2, 0) is 14.3 Å². The predicted molar refractivity (Wildman–Crippen MR) is 151 cm³/mol. The summed E-state index contributed by atoms with van der Waals surface area (Å²) in [6, 6.07) is 19.2. The first-order valence-electron chi connectivity index (χ1n) is 12.4. The van der Waals surface area contributed by atoms with Crippen LogP contribution in [0.25, 0.3) is 0 Å². The minimum Gasteiger partial charge on any atom is -0.462 e. The summed E-state index contributed by atoms with van der Waals surface area (Å²) >= 11 is 5.68. The lowest BCUT2D eigenvalue weighted by molar-refractivity contribution is -0.127. The Labute approximate surface area is 231 Å². The topological polar surface area (TPSA) is 108 Å². The van der Waals surface area contributed by atoms with Gasteiger partial charge in [0.25, 0.3) is 5.91 Å². The smallest absolute Gasteiger partial charge is 0.338 e. The van der Waals surface area contributed by atoms with E-state index in [1.165, 1.54) is 22.0 Å². The van der Waals surface area contributed by atoms with Crippen molar-refractivity contribution >= 4 is 52.4 Å². The summed E-state index contributed by atoms with van der Waals surface area (Å²) in [6.07, 6.45) is -0.241. The molecule has 0 aromatic heterocycles. The molecule has 3 aromatic rings. The van der Waals surface area contributed by atoms with E-state index in [4.69, 9.17) is 17.0 Å². The number of esters is 1. The number of anilines is 2. The third-order valence-electron chi connectivity index (χ3n) is 6.02. The number of thiocarbonyl (C=S) groups is 1. The monoisotopic (exact) mass is 544 g/mol. The lowest BCUT2D eigenvalue weighted by Gasteiger charge is -2.41. The molecule has 3 aromatic carbocycles. The molecule has 3 amide bonds. The molecule has 39 heavy (non-hydrogen) atoms. The Kier molecular flexibility index (Phi) is 8.36. The van der Waals surface area contributed by atoms with Gasteiger partial charge >= 0.3 is 5.97 Å². The van der Waals surface area contributed by atoms with Gasteiger partial charge in [-0.3, -0.25) is 24.7 Å². The summed E-state index contributed by atoms with van der Waals surface area (Å²) < 4.78 is 4.99. The minimum atomic E-state index is -1.12. The van der Waals surface area contributed by atoms with E-state index in [1.54, 1.807) is 49.4 Å². The molecule has 0 saturated carbocycles. The number of carbonyl (C=O) groups excluding carboxylic acids is 4. The zero-order valence-corrected chi connectivity index (χ0v) is 22.6. The summed E-state index contributed by atoms with van der Waals surface area (Å²) in [7, 11) is 0. The van der Waals surface area contributed by atoms with Crippen LogP contribution in [0, 0.1) is 13.8 Å². The molecule has 1 aliphatic rings. The number of aryl methyl sites for hydroxylation is 2. The van der Waals surface area contributed by atoms with Gasteiger partial charge in [0.05, 0.1) is 24.3 Å². The zero-order valence-electron chi connectivity index (χ0n) is 21.8. The van der Waals surface area contributed by atoms with Crippen molar-refractivity contribution in [3.63, 3.8) is 0 Å². The number of rotatable bonds is 7. The highest BCUT2D eigenvalue weighted by Crippen LogP contribution is 2.27. The molecule has 2 N–H and O–H groups in total. The number of hydrogen-bond donors (Lipinski definition) is 2. The van der Waals surface area contributed by atoms with Gasteiger partial charge in [-0.05, 0) is 92.6 Å². The summed E-state index contributed by atoms with van der Waals surface area (Å²) in [5, 5.41) is 3.98. The fourth-order valence-corrected chi connectivity index (χ4v) is 4.64. The number of hydrogen-bond acceptors (Lipinski definition) is 6. The molecule has 1 aliphatic heterocycles. The number of ether oxygens (including phenoxy) is 1. The van der Waals surface area contributed by atoms with Gasteiger partial charge in [-0.2, -0.15) is 0 Å². The van der Waals surface area contributed by atoms with Crippen molar-refractivity contribution in [1.82, 2.24) is 10.4 Å². The molecule has 1 fully saturated rings. The molecule has 9 nitrogen and oxygen atoms in total. The molecule has 4 rings (SSSR count). The number of nitrogens with one attached hydrogen (secondary N) is 2. The molecule has 0 unspecified atom stereocenters. The van der Waals surface area contributed by atoms with E-state index in [-0.39, 0.29) is 24.0 Å². The number of carbonyl (C=O) groups is 4. The second-order valence-corrected chi connectivity index (χ2v) is 9.41. The van der Waals surface area contributed by atoms with Gasteiger partial charge in [-0.15, -0.1) is 0 Å². The maximum atomic E-state index is 13.4. The Morgan fingerprint density at radius 3 is 2.21 bits per heavy atom. The van der Waals surface area contributed by atoms with E-state index in [9.17, 15) is 19.2 Å². The van der Waals surface area contributed by atoms with Gasteiger partial charge in [0.15, 0.2) is 0 Å². The standard InChI is InChI=1S/C29H28N4O5S/c1-4-38-28(37)21-10-12-22(13-11-21)30-27(36)24-17-25(34)32(23-15-18(2)14-19(3)16-23)29(39)33(24)31-26(35)20-8-6-5-7-9-20/h5-16,24H,4,17H2,1-3H3,(H,30,36)(H,31,35)/t24-/m0/s1. The number of nitrogens with zero attached hydrogens (tertiary/aromatic N) is 2. The Morgan fingerprint density at radius 2 is 1.59 bits per heavy atom. The normalized spacial score (nSPS) is 15.1. The molecule has 1 saturated heterocycles. The maximum Gasteiger partial charge on any atom is 0.338 e. The van der Waals surface area contributed by atoms with Gasteiger partial charge in [-0.1, -0.05) is 24.3 Å². The van der Waals surface area contributed by atoms with Crippen molar-refractivity contribution in [2.75, 3.05) is 16.8 Å². The Morgan fingerprint density at radius 1 is 0.949 bits per heavy atom. The van der Waals surface area contributed by atoms with Gasteiger partial charge in [0, 0.05) is 11.3 Å².